The van der Waals surface area contributed by atoms with Gasteiger partial charge in [-0.3, -0.25) is 4.79 Å². The van der Waals surface area contributed by atoms with E-state index >= 15 is 0 Å². The van der Waals surface area contributed by atoms with E-state index in [1.165, 1.54) is 0 Å². The lowest BCUT2D eigenvalue weighted by Gasteiger charge is -2.29. The monoisotopic (exact) mass is 280 g/mol. The van der Waals surface area contributed by atoms with Crippen molar-refractivity contribution in [3.63, 3.8) is 0 Å². The Morgan fingerprint density at radius 2 is 2.11 bits per heavy atom. The summed E-state index contributed by atoms with van der Waals surface area (Å²) < 4.78 is 5.27. The summed E-state index contributed by atoms with van der Waals surface area (Å²) in [6.07, 6.45) is 0. The molecule has 1 amide bonds. The number of aryl methyl sites for hydroxylation is 1. The van der Waals surface area contributed by atoms with Gasteiger partial charge in [0.1, 0.15) is 0 Å². The summed E-state index contributed by atoms with van der Waals surface area (Å²) in [6.45, 7) is 6.66. The van der Waals surface area contributed by atoms with E-state index in [0.717, 1.165) is 16.1 Å². The van der Waals surface area contributed by atoms with Crippen molar-refractivity contribution in [1.82, 2.24) is 4.90 Å². The Morgan fingerprint density at radius 1 is 1.42 bits per heavy atom. The molecule has 0 aromatic heterocycles. The van der Waals surface area contributed by atoms with Crippen LogP contribution in [0.15, 0.2) is 23.1 Å². The van der Waals surface area contributed by atoms with Crippen molar-refractivity contribution >= 4 is 23.4 Å². The van der Waals surface area contributed by atoms with Crippen molar-refractivity contribution in [2.45, 2.75) is 24.0 Å². The van der Waals surface area contributed by atoms with Gasteiger partial charge in [-0.25, -0.2) is 0 Å². The van der Waals surface area contributed by atoms with E-state index < -0.39 is 0 Å². The third-order valence-electron chi connectivity index (χ3n) is 3.17. The Balaban J connectivity index is 1.99. The number of nitrogens with two attached hydrogens (primary N) is 1. The Morgan fingerprint density at radius 3 is 2.74 bits per heavy atom. The van der Waals surface area contributed by atoms with Crippen LogP contribution < -0.4 is 5.73 Å². The van der Waals surface area contributed by atoms with Crippen LogP contribution in [0.25, 0.3) is 0 Å². The lowest BCUT2D eigenvalue weighted by molar-refractivity contribution is -0.134. The van der Waals surface area contributed by atoms with Crippen LogP contribution in [0.5, 0.6) is 0 Å². The molecule has 1 atom stereocenters. The SMILES string of the molecule is Cc1cc(N)ccc1SC(C)C(=O)N1CCOCC1. The van der Waals surface area contributed by atoms with Crippen molar-refractivity contribution in [2.75, 3.05) is 32.0 Å². The number of benzene rings is 1. The average molecular weight is 280 g/mol. The molecule has 0 spiro atoms. The number of amides is 1. The number of carbonyl (C=O) groups is 1. The van der Waals surface area contributed by atoms with E-state index in [4.69, 9.17) is 10.5 Å². The molecule has 1 unspecified atom stereocenters. The maximum absolute atomic E-state index is 12.3. The number of thioether (sulfide) groups is 1. The summed E-state index contributed by atoms with van der Waals surface area (Å²) in [5.41, 5.74) is 7.61. The zero-order chi connectivity index (χ0) is 13.8. The van der Waals surface area contributed by atoms with E-state index in [1.54, 1.807) is 11.8 Å². The van der Waals surface area contributed by atoms with Gasteiger partial charge in [0.25, 0.3) is 0 Å². The number of morpholine rings is 1. The highest BCUT2D eigenvalue weighted by Gasteiger charge is 2.23. The second-order valence-corrected chi connectivity index (χ2v) is 6.11. The predicted molar refractivity (Wildman–Crippen MR) is 78.3 cm³/mol. The number of anilines is 1. The molecule has 1 aromatic carbocycles. The molecule has 5 heteroatoms. The fourth-order valence-corrected chi connectivity index (χ4v) is 3.11. The van der Waals surface area contributed by atoms with Crippen LogP contribution in [-0.2, 0) is 9.53 Å². The van der Waals surface area contributed by atoms with Crippen LogP contribution >= 0.6 is 11.8 Å². The molecule has 0 bridgehead atoms. The van der Waals surface area contributed by atoms with Gasteiger partial charge in [0.2, 0.25) is 5.91 Å². The van der Waals surface area contributed by atoms with Gasteiger partial charge in [0.15, 0.2) is 0 Å². The van der Waals surface area contributed by atoms with E-state index in [0.29, 0.717) is 26.3 Å². The van der Waals surface area contributed by atoms with Gasteiger partial charge in [-0.2, -0.15) is 0 Å². The molecule has 1 heterocycles. The topological polar surface area (TPSA) is 55.6 Å². The molecule has 2 rings (SSSR count). The van der Waals surface area contributed by atoms with Crippen molar-refractivity contribution in [3.05, 3.63) is 23.8 Å². The van der Waals surface area contributed by atoms with Crippen molar-refractivity contribution < 1.29 is 9.53 Å². The van der Waals surface area contributed by atoms with Gasteiger partial charge in [-0.05, 0) is 37.6 Å². The molecule has 104 valence electrons. The maximum atomic E-state index is 12.3. The summed E-state index contributed by atoms with van der Waals surface area (Å²) in [4.78, 5) is 15.3. The minimum absolute atomic E-state index is 0.0829. The number of ether oxygens (including phenoxy) is 1. The van der Waals surface area contributed by atoms with E-state index in [1.807, 2.05) is 36.9 Å². The second kappa shape index (κ2) is 6.30. The largest absolute Gasteiger partial charge is 0.399 e. The van der Waals surface area contributed by atoms with Crippen LogP contribution in [0, 0.1) is 6.92 Å². The molecular weight excluding hydrogens is 260 g/mol. The molecular formula is C14H20N2O2S. The number of rotatable bonds is 3. The molecule has 19 heavy (non-hydrogen) atoms. The highest BCUT2D eigenvalue weighted by molar-refractivity contribution is 8.00. The molecule has 0 saturated carbocycles. The number of nitrogens with zero attached hydrogens (tertiary/aromatic N) is 1. The van der Waals surface area contributed by atoms with E-state index in [2.05, 4.69) is 0 Å². The molecule has 2 N–H and O–H groups in total. The third-order valence-corrected chi connectivity index (χ3v) is 4.44. The average Bonchev–Trinajstić information content (AvgIpc) is 2.42. The fourth-order valence-electron chi connectivity index (χ4n) is 2.09. The first-order valence-corrected chi connectivity index (χ1v) is 7.35. The lowest BCUT2D eigenvalue weighted by Crippen LogP contribution is -2.44. The van der Waals surface area contributed by atoms with Gasteiger partial charge < -0.3 is 15.4 Å². The first-order valence-electron chi connectivity index (χ1n) is 6.47. The zero-order valence-corrected chi connectivity index (χ0v) is 12.2. The maximum Gasteiger partial charge on any atom is 0.235 e. The van der Waals surface area contributed by atoms with Crippen LogP contribution in [-0.4, -0.2) is 42.4 Å². The molecule has 1 aliphatic rings. The van der Waals surface area contributed by atoms with Gasteiger partial charge in [0.05, 0.1) is 18.5 Å². The minimum Gasteiger partial charge on any atom is -0.399 e. The smallest absolute Gasteiger partial charge is 0.235 e. The third kappa shape index (κ3) is 3.64. The van der Waals surface area contributed by atoms with Crippen LogP contribution in [0.2, 0.25) is 0 Å². The number of hydrogen-bond acceptors (Lipinski definition) is 4. The van der Waals surface area contributed by atoms with Crippen molar-refractivity contribution in [2.24, 2.45) is 0 Å². The molecule has 4 nitrogen and oxygen atoms in total. The Labute approximate surface area is 118 Å². The zero-order valence-electron chi connectivity index (χ0n) is 11.4. The number of nitrogen functional groups attached to an aromatic ring is 1. The van der Waals surface area contributed by atoms with Gasteiger partial charge >= 0.3 is 0 Å². The van der Waals surface area contributed by atoms with E-state index in [9.17, 15) is 4.79 Å². The summed E-state index contributed by atoms with van der Waals surface area (Å²) in [5.74, 6) is 0.185. The molecule has 0 aliphatic carbocycles. The molecule has 1 fully saturated rings. The highest BCUT2D eigenvalue weighted by atomic mass is 32.2. The van der Waals surface area contributed by atoms with Crippen LogP contribution in [0.4, 0.5) is 5.69 Å². The summed E-state index contributed by atoms with van der Waals surface area (Å²) in [6, 6.07) is 5.80. The van der Waals surface area contributed by atoms with Crippen molar-refractivity contribution in [3.8, 4) is 0 Å². The van der Waals surface area contributed by atoms with Gasteiger partial charge in [-0.15, -0.1) is 11.8 Å². The normalized spacial score (nSPS) is 17.3. The Bertz CT molecular complexity index is 459. The standard InChI is InChI=1S/C14H20N2O2S/c1-10-9-12(15)3-4-13(10)19-11(2)14(17)16-5-7-18-8-6-16/h3-4,9,11H,5-8,15H2,1-2H3. The molecule has 1 aliphatic heterocycles. The Kier molecular flexibility index (Phi) is 4.71. The quantitative estimate of drug-likeness (QED) is 0.679. The highest BCUT2D eigenvalue weighted by Crippen LogP contribution is 2.28. The van der Waals surface area contributed by atoms with Gasteiger partial charge in [0, 0.05) is 23.7 Å². The number of hydrogen-bond donors (Lipinski definition) is 1. The van der Waals surface area contributed by atoms with Gasteiger partial charge in [-0.1, -0.05) is 0 Å². The number of carbonyl (C=O) groups excluding carboxylic acids is 1. The second-order valence-electron chi connectivity index (χ2n) is 4.72. The first-order chi connectivity index (χ1) is 9.08. The first kappa shape index (κ1) is 14.2. The molecule has 1 aromatic rings. The minimum atomic E-state index is -0.0829. The van der Waals surface area contributed by atoms with E-state index in [-0.39, 0.29) is 11.2 Å². The van der Waals surface area contributed by atoms with Crippen molar-refractivity contribution in [1.29, 1.82) is 0 Å². The van der Waals surface area contributed by atoms with Crippen LogP contribution in [0.1, 0.15) is 12.5 Å². The molecule has 0 radical (unpaired) electrons. The van der Waals surface area contributed by atoms with Crippen LogP contribution in [0.3, 0.4) is 0 Å². The predicted octanol–water partition coefficient (Wildman–Crippen LogP) is 1.92. The lowest BCUT2D eigenvalue weighted by atomic mass is 10.2. The summed E-state index contributed by atoms with van der Waals surface area (Å²) in [5, 5.41) is -0.0829. The summed E-state index contributed by atoms with van der Waals surface area (Å²) in [7, 11) is 0. The fraction of sp³-hybridized carbons (Fsp3) is 0.500. The Hall–Kier alpha value is -1.20. The molecule has 1 saturated heterocycles. The summed E-state index contributed by atoms with van der Waals surface area (Å²) >= 11 is 1.59.